The van der Waals surface area contributed by atoms with Crippen molar-refractivity contribution in [2.75, 3.05) is 6.54 Å². The van der Waals surface area contributed by atoms with Crippen molar-refractivity contribution in [1.82, 2.24) is 10.3 Å². The van der Waals surface area contributed by atoms with Crippen molar-refractivity contribution in [1.29, 1.82) is 0 Å². The fourth-order valence-corrected chi connectivity index (χ4v) is 2.84. The van der Waals surface area contributed by atoms with E-state index in [2.05, 4.69) is 33.2 Å². The molecule has 0 spiro atoms. The van der Waals surface area contributed by atoms with Gasteiger partial charge in [-0.15, -0.1) is 0 Å². The molecule has 0 radical (unpaired) electrons. The number of pyridine rings is 1. The summed E-state index contributed by atoms with van der Waals surface area (Å²) in [4.78, 5) is 4.46. The van der Waals surface area contributed by atoms with Crippen LogP contribution in [0.5, 0.6) is 0 Å². The Morgan fingerprint density at radius 3 is 2.45 bits per heavy atom. The van der Waals surface area contributed by atoms with Gasteiger partial charge in [-0.2, -0.15) is 0 Å². The minimum Gasteiger partial charge on any atom is -0.309 e. The SMILES string of the molecule is CCNC(Cc1c(Cl)cccc1Cl)c1ccc(Br)cn1. The number of nitrogens with zero attached hydrogens (tertiary/aromatic N) is 1. The van der Waals surface area contributed by atoms with Crippen LogP contribution in [0.25, 0.3) is 0 Å². The highest BCUT2D eigenvalue weighted by Crippen LogP contribution is 2.29. The number of halogens is 3. The van der Waals surface area contributed by atoms with E-state index < -0.39 is 0 Å². The third-order valence-corrected chi connectivity index (χ3v) is 4.21. The van der Waals surface area contributed by atoms with E-state index in [9.17, 15) is 0 Å². The second kappa shape index (κ2) is 7.41. The molecule has 20 heavy (non-hydrogen) atoms. The van der Waals surface area contributed by atoms with Gasteiger partial charge in [-0.25, -0.2) is 0 Å². The molecule has 0 saturated carbocycles. The lowest BCUT2D eigenvalue weighted by molar-refractivity contribution is 0.536. The molecule has 2 nitrogen and oxygen atoms in total. The number of benzene rings is 1. The molecule has 0 aliphatic heterocycles. The minimum absolute atomic E-state index is 0.0884. The molecule has 0 aliphatic carbocycles. The van der Waals surface area contributed by atoms with Crippen molar-refractivity contribution >= 4 is 39.1 Å². The van der Waals surface area contributed by atoms with Crippen molar-refractivity contribution < 1.29 is 0 Å². The standard InChI is InChI=1S/C15H15BrCl2N2/c1-2-19-15(14-7-6-10(16)9-20-14)8-11-12(17)4-3-5-13(11)18/h3-7,9,15,19H,2,8H2,1H3. The molecular weight excluding hydrogens is 359 g/mol. The molecule has 1 atom stereocenters. The predicted molar refractivity (Wildman–Crippen MR) is 88.5 cm³/mol. The van der Waals surface area contributed by atoms with Crippen molar-refractivity contribution in [3.05, 3.63) is 62.3 Å². The molecule has 0 aliphatic rings. The maximum atomic E-state index is 6.25. The molecule has 0 saturated heterocycles. The van der Waals surface area contributed by atoms with E-state index in [1.807, 2.05) is 30.3 Å². The summed E-state index contributed by atoms with van der Waals surface area (Å²) in [5.41, 5.74) is 1.93. The first-order valence-electron chi connectivity index (χ1n) is 6.39. The number of rotatable bonds is 5. The first-order chi connectivity index (χ1) is 9.61. The van der Waals surface area contributed by atoms with Gasteiger partial charge in [-0.3, -0.25) is 4.98 Å². The molecule has 1 unspecified atom stereocenters. The van der Waals surface area contributed by atoms with Gasteiger partial charge in [-0.1, -0.05) is 36.2 Å². The van der Waals surface area contributed by atoms with Crippen LogP contribution in [-0.2, 0) is 6.42 Å². The van der Waals surface area contributed by atoms with Crippen LogP contribution in [0.15, 0.2) is 41.0 Å². The van der Waals surface area contributed by atoms with Gasteiger partial charge < -0.3 is 5.32 Å². The third-order valence-electron chi connectivity index (χ3n) is 3.03. The molecule has 2 rings (SSSR count). The monoisotopic (exact) mass is 372 g/mol. The van der Waals surface area contributed by atoms with Crippen LogP contribution in [-0.4, -0.2) is 11.5 Å². The average Bonchev–Trinajstić information content (AvgIpc) is 2.43. The van der Waals surface area contributed by atoms with Gasteiger partial charge in [-0.05, 0) is 58.7 Å². The average molecular weight is 374 g/mol. The summed E-state index contributed by atoms with van der Waals surface area (Å²) in [6.07, 6.45) is 2.51. The fraction of sp³-hybridized carbons (Fsp3) is 0.267. The van der Waals surface area contributed by atoms with E-state index in [0.717, 1.165) is 22.3 Å². The molecule has 0 bridgehead atoms. The van der Waals surface area contributed by atoms with Crippen molar-refractivity contribution in [2.45, 2.75) is 19.4 Å². The zero-order valence-electron chi connectivity index (χ0n) is 11.0. The van der Waals surface area contributed by atoms with Crippen LogP contribution in [0.4, 0.5) is 0 Å². The topological polar surface area (TPSA) is 24.9 Å². The molecule has 2 aromatic rings. The Balaban J connectivity index is 2.28. The molecule has 1 aromatic heterocycles. The van der Waals surface area contributed by atoms with Crippen LogP contribution in [0, 0.1) is 0 Å². The minimum atomic E-state index is 0.0884. The highest BCUT2D eigenvalue weighted by atomic mass is 79.9. The molecule has 1 aromatic carbocycles. The Bertz CT molecular complexity index is 552. The van der Waals surface area contributed by atoms with Crippen LogP contribution < -0.4 is 5.32 Å². The smallest absolute Gasteiger partial charge is 0.0577 e. The highest BCUT2D eigenvalue weighted by molar-refractivity contribution is 9.10. The van der Waals surface area contributed by atoms with Gasteiger partial charge in [0.1, 0.15) is 0 Å². The van der Waals surface area contributed by atoms with Crippen molar-refractivity contribution in [2.24, 2.45) is 0 Å². The Hall–Kier alpha value is -0.610. The molecule has 0 amide bonds. The highest BCUT2D eigenvalue weighted by Gasteiger charge is 2.16. The molecule has 5 heteroatoms. The quantitative estimate of drug-likeness (QED) is 0.793. The Morgan fingerprint density at radius 2 is 1.90 bits per heavy atom. The predicted octanol–water partition coefficient (Wildman–Crippen LogP) is 5.04. The molecule has 106 valence electrons. The molecule has 0 fully saturated rings. The Kier molecular flexibility index (Phi) is 5.85. The summed E-state index contributed by atoms with van der Waals surface area (Å²) in [6.45, 7) is 2.92. The first-order valence-corrected chi connectivity index (χ1v) is 7.94. The van der Waals surface area contributed by atoms with E-state index in [0.29, 0.717) is 16.5 Å². The zero-order chi connectivity index (χ0) is 14.5. The van der Waals surface area contributed by atoms with E-state index in [4.69, 9.17) is 23.2 Å². The van der Waals surface area contributed by atoms with Gasteiger partial charge in [0, 0.05) is 20.7 Å². The van der Waals surface area contributed by atoms with E-state index >= 15 is 0 Å². The van der Waals surface area contributed by atoms with Gasteiger partial charge in [0.2, 0.25) is 0 Å². The van der Waals surface area contributed by atoms with Crippen LogP contribution in [0.1, 0.15) is 24.2 Å². The second-order valence-electron chi connectivity index (χ2n) is 4.42. The summed E-state index contributed by atoms with van der Waals surface area (Å²) in [5.74, 6) is 0. The van der Waals surface area contributed by atoms with Crippen molar-refractivity contribution in [3.63, 3.8) is 0 Å². The number of likely N-dealkylation sites (N-methyl/N-ethyl adjacent to an activating group) is 1. The Morgan fingerprint density at radius 1 is 1.20 bits per heavy atom. The maximum absolute atomic E-state index is 6.25. The summed E-state index contributed by atoms with van der Waals surface area (Å²) in [6, 6.07) is 9.66. The number of hydrogen-bond donors (Lipinski definition) is 1. The molecule has 1 N–H and O–H groups in total. The van der Waals surface area contributed by atoms with Crippen LogP contribution in [0.2, 0.25) is 10.0 Å². The fourth-order valence-electron chi connectivity index (χ4n) is 2.05. The Labute approximate surface area is 137 Å². The largest absolute Gasteiger partial charge is 0.309 e. The first kappa shape index (κ1) is 15.8. The lowest BCUT2D eigenvalue weighted by Gasteiger charge is -2.19. The van der Waals surface area contributed by atoms with E-state index in [1.165, 1.54) is 0 Å². The van der Waals surface area contributed by atoms with Gasteiger partial charge in [0.05, 0.1) is 11.7 Å². The van der Waals surface area contributed by atoms with Gasteiger partial charge >= 0.3 is 0 Å². The molecule has 1 heterocycles. The lowest BCUT2D eigenvalue weighted by atomic mass is 10.0. The summed E-state index contributed by atoms with van der Waals surface area (Å²) >= 11 is 15.9. The summed E-state index contributed by atoms with van der Waals surface area (Å²) in [7, 11) is 0. The van der Waals surface area contributed by atoms with Gasteiger partial charge in [0.15, 0.2) is 0 Å². The number of aromatic nitrogens is 1. The lowest BCUT2D eigenvalue weighted by Crippen LogP contribution is -2.24. The van der Waals surface area contributed by atoms with E-state index in [-0.39, 0.29) is 6.04 Å². The summed E-state index contributed by atoms with van der Waals surface area (Å²) in [5, 5.41) is 4.81. The van der Waals surface area contributed by atoms with Gasteiger partial charge in [0.25, 0.3) is 0 Å². The summed E-state index contributed by atoms with van der Waals surface area (Å²) < 4.78 is 0.965. The number of nitrogens with one attached hydrogen (secondary N) is 1. The second-order valence-corrected chi connectivity index (χ2v) is 6.15. The number of hydrogen-bond acceptors (Lipinski definition) is 2. The van der Waals surface area contributed by atoms with E-state index in [1.54, 1.807) is 6.20 Å². The third kappa shape index (κ3) is 3.95. The zero-order valence-corrected chi connectivity index (χ0v) is 14.1. The van der Waals surface area contributed by atoms with Crippen LogP contribution >= 0.6 is 39.1 Å². The maximum Gasteiger partial charge on any atom is 0.0577 e. The normalized spacial score (nSPS) is 12.4. The van der Waals surface area contributed by atoms with Crippen molar-refractivity contribution in [3.8, 4) is 0 Å². The molecular formula is C15H15BrCl2N2. The van der Waals surface area contributed by atoms with Crippen LogP contribution in [0.3, 0.4) is 0 Å².